The number of rotatable bonds is 6. The molecule has 1 aliphatic carbocycles. The lowest BCUT2D eigenvalue weighted by molar-refractivity contribution is 0.168. The molecule has 3 heteroatoms. The SMILES string of the molecule is CC(C)CNCC1CCC1Cc1nn(C)c2ccccc12. The van der Waals surface area contributed by atoms with E-state index in [0.717, 1.165) is 30.7 Å². The van der Waals surface area contributed by atoms with Crippen LogP contribution in [0.15, 0.2) is 24.3 Å². The van der Waals surface area contributed by atoms with Crippen molar-refractivity contribution in [1.82, 2.24) is 15.1 Å². The topological polar surface area (TPSA) is 29.9 Å². The zero-order valence-corrected chi connectivity index (χ0v) is 13.5. The summed E-state index contributed by atoms with van der Waals surface area (Å²) in [5, 5.41) is 9.70. The molecule has 1 saturated carbocycles. The van der Waals surface area contributed by atoms with Crippen LogP contribution in [0.4, 0.5) is 0 Å². The molecule has 1 aromatic carbocycles. The average Bonchev–Trinajstić information content (AvgIpc) is 2.77. The highest BCUT2D eigenvalue weighted by molar-refractivity contribution is 5.81. The van der Waals surface area contributed by atoms with Crippen LogP contribution in [0.25, 0.3) is 10.9 Å². The lowest BCUT2D eigenvalue weighted by Gasteiger charge is -2.37. The van der Waals surface area contributed by atoms with E-state index < -0.39 is 0 Å². The number of fused-ring (bicyclic) bond motifs is 1. The van der Waals surface area contributed by atoms with E-state index in [0.29, 0.717) is 0 Å². The first-order chi connectivity index (χ1) is 10.1. The maximum absolute atomic E-state index is 4.75. The maximum atomic E-state index is 4.75. The van der Waals surface area contributed by atoms with Crippen molar-refractivity contribution in [3.8, 4) is 0 Å². The first kappa shape index (κ1) is 14.6. The summed E-state index contributed by atoms with van der Waals surface area (Å²) in [4.78, 5) is 0. The third-order valence-corrected chi connectivity index (χ3v) is 4.82. The van der Waals surface area contributed by atoms with Crippen molar-refractivity contribution in [1.29, 1.82) is 0 Å². The van der Waals surface area contributed by atoms with Crippen molar-refractivity contribution in [2.45, 2.75) is 33.1 Å². The van der Waals surface area contributed by atoms with Gasteiger partial charge in [0.15, 0.2) is 0 Å². The van der Waals surface area contributed by atoms with Crippen molar-refractivity contribution in [2.75, 3.05) is 13.1 Å². The average molecular weight is 285 g/mol. The van der Waals surface area contributed by atoms with Crippen LogP contribution in [0.5, 0.6) is 0 Å². The van der Waals surface area contributed by atoms with Gasteiger partial charge in [-0.05, 0) is 56.2 Å². The van der Waals surface area contributed by atoms with Crippen LogP contribution in [0.1, 0.15) is 32.4 Å². The summed E-state index contributed by atoms with van der Waals surface area (Å²) in [6.45, 7) is 6.85. The number of aryl methyl sites for hydroxylation is 1. The fourth-order valence-electron chi connectivity index (χ4n) is 3.42. The second-order valence-corrected chi connectivity index (χ2v) is 6.94. The highest BCUT2D eigenvalue weighted by Crippen LogP contribution is 2.37. The van der Waals surface area contributed by atoms with Gasteiger partial charge < -0.3 is 5.32 Å². The van der Waals surface area contributed by atoms with E-state index in [2.05, 4.69) is 43.4 Å². The van der Waals surface area contributed by atoms with E-state index in [4.69, 9.17) is 5.10 Å². The van der Waals surface area contributed by atoms with Gasteiger partial charge in [0.25, 0.3) is 0 Å². The summed E-state index contributed by atoms with van der Waals surface area (Å²) in [5.41, 5.74) is 2.54. The number of benzene rings is 1. The second kappa shape index (κ2) is 6.18. The predicted molar refractivity (Wildman–Crippen MR) is 88.3 cm³/mol. The molecule has 0 aliphatic heterocycles. The minimum absolute atomic E-state index is 0.739. The summed E-state index contributed by atoms with van der Waals surface area (Å²) in [6, 6.07) is 8.59. The summed E-state index contributed by atoms with van der Waals surface area (Å²) >= 11 is 0. The van der Waals surface area contributed by atoms with Crippen molar-refractivity contribution in [3.05, 3.63) is 30.0 Å². The summed E-state index contributed by atoms with van der Waals surface area (Å²) in [6.07, 6.45) is 3.87. The van der Waals surface area contributed by atoms with Gasteiger partial charge in [-0.3, -0.25) is 4.68 Å². The molecule has 21 heavy (non-hydrogen) atoms. The van der Waals surface area contributed by atoms with Gasteiger partial charge in [-0.15, -0.1) is 0 Å². The molecule has 1 aliphatic rings. The molecule has 1 aromatic heterocycles. The maximum Gasteiger partial charge on any atom is 0.0706 e. The van der Waals surface area contributed by atoms with Crippen molar-refractivity contribution in [3.63, 3.8) is 0 Å². The van der Waals surface area contributed by atoms with Crippen molar-refractivity contribution in [2.24, 2.45) is 24.8 Å². The molecule has 1 heterocycles. The van der Waals surface area contributed by atoms with Crippen molar-refractivity contribution < 1.29 is 0 Å². The third kappa shape index (κ3) is 3.13. The molecular formula is C18H27N3. The minimum Gasteiger partial charge on any atom is -0.316 e. The van der Waals surface area contributed by atoms with E-state index in [1.54, 1.807) is 0 Å². The number of aromatic nitrogens is 2. The molecule has 2 unspecified atom stereocenters. The minimum atomic E-state index is 0.739. The van der Waals surface area contributed by atoms with Crippen LogP contribution in [0.3, 0.4) is 0 Å². The molecule has 0 spiro atoms. The van der Waals surface area contributed by atoms with Crippen LogP contribution >= 0.6 is 0 Å². The van der Waals surface area contributed by atoms with Crippen LogP contribution < -0.4 is 5.32 Å². The van der Waals surface area contributed by atoms with Crippen LogP contribution in [-0.4, -0.2) is 22.9 Å². The van der Waals surface area contributed by atoms with E-state index in [-0.39, 0.29) is 0 Å². The van der Waals surface area contributed by atoms with E-state index >= 15 is 0 Å². The molecule has 3 rings (SSSR count). The third-order valence-electron chi connectivity index (χ3n) is 4.82. The van der Waals surface area contributed by atoms with Gasteiger partial charge in [0.1, 0.15) is 0 Å². The van der Waals surface area contributed by atoms with Gasteiger partial charge in [-0.1, -0.05) is 32.0 Å². The van der Waals surface area contributed by atoms with Crippen LogP contribution in [0, 0.1) is 17.8 Å². The molecule has 1 fully saturated rings. The summed E-state index contributed by atoms with van der Waals surface area (Å²) < 4.78 is 2.02. The quantitative estimate of drug-likeness (QED) is 0.881. The van der Waals surface area contributed by atoms with Gasteiger partial charge in [0.05, 0.1) is 11.2 Å². The lowest BCUT2D eigenvalue weighted by atomic mass is 9.71. The Morgan fingerprint density at radius 1 is 1.24 bits per heavy atom. The fourth-order valence-corrected chi connectivity index (χ4v) is 3.42. The molecule has 0 saturated heterocycles. The molecule has 0 amide bonds. The zero-order valence-electron chi connectivity index (χ0n) is 13.5. The van der Waals surface area contributed by atoms with E-state index in [9.17, 15) is 0 Å². The first-order valence-corrected chi connectivity index (χ1v) is 8.26. The Morgan fingerprint density at radius 3 is 2.71 bits per heavy atom. The molecule has 0 radical (unpaired) electrons. The number of hydrogen-bond donors (Lipinski definition) is 1. The molecule has 0 bridgehead atoms. The Kier molecular flexibility index (Phi) is 4.29. The number of nitrogens with one attached hydrogen (secondary N) is 1. The number of para-hydroxylation sites is 1. The Morgan fingerprint density at radius 2 is 2.00 bits per heavy atom. The Bertz CT molecular complexity index is 600. The molecular weight excluding hydrogens is 258 g/mol. The van der Waals surface area contributed by atoms with Gasteiger partial charge in [0, 0.05) is 12.4 Å². The Labute approximate surface area is 127 Å². The molecule has 2 atom stereocenters. The van der Waals surface area contributed by atoms with E-state index in [1.807, 2.05) is 11.7 Å². The summed E-state index contributed by atoms with van der Waals surface area (Å²) in [7, 11) is 2.05. The lowest BCUT2D eigenvalue weighted by Crippen LogP contribution is -2.37. The second-order valence-electron chi connectivity index (χ2n) is 6.94. The van der Waals surface area contributed by atoms with Crippen molar-refractivity contribution >= 4 is 10.9 Å². The molecule has 2 aromatic rings. The summed E-state index contributed by atoms with van der Waals surface area (Å²) in [5.74, 6) is 2.38. The standard InChI is InChI=1S/C18H27N3/c1-13(2)11-19-12-15-9-8-14(15)10-17-16-6-4-5-7-18(16)21(3)20-17/h4-7,13-15,19H,8-12H2,1-3H3. The predicted octanol–water partition coefficient (Wildman–Crippen LogP) is 3.39. The number of hydrogen-bond acceptors (Lipinski definition) is 2. The largest absolute Gasteiger partial charge is 0.316 e. The number of nitrogens with zero attached hydrogens (tertiary/aromatic N) is 2. The van der Waals surface area contributed by atoms with Gasteiger partial charge >= 0.3 is 0 Å². The Hall–Kier alpha value is -1.35. The van der Waals surface area contributed by atoms with Crippen LogP contribution in [0.2, 0.25) is 0 Å². The molecule has 3 nitrogen and oxygen atoms in total. The Balaban J connectivity index is 1.63. The first-order valence-electron chi connectivity index (χ1n) is 8.26. The monoisotopic (exact) mass is 285 g/mol. The molecule has 1 N–H and O–H groups in total. The van der Waals surface area contributed by atoms with E-state index in [1.165, 1.54) is 36.0 Å². The zero-order chi connectivity index (χ0) is 14.8. The van der Waals surface area contributed by atoms with Crippen LogP contribution in [-0.2, 0) is 13.5 Å². The smallest absolute Gasteiger partial charge is 0.0706 e. The van der Waals surface area contributed by atoms with Gasteiger partial charge in [-0.25, -0.2) is 0 Å². The normalized spacial score (nSPS) is 21.9. The van der Waals surface area contributed by atoms with Gasteiger partial charge in [0.2, 0.25) is 0 Å². The fraction of sp³-hybridized carbons (Fsp3) is 0.611. The molecule has 114 valence electrons. The highest BCUT2D eigenvalue weighted by atomic mass is 15.3. The highest BCUT2D eigenvalue weighted by Gasteiger charge is 2.31. The van der Waals surface area contributed by atoms with Gasteiger partial charge in [-0.2, -0.15) is 5.10 Å².